The molecule has 2 saturated heterocycles. The van der Waals surface area contributed by atoms with Crippen molar-refractivity contribution in [2.45, 2.75) is 76.0 Å². The van der Waals surface area contributed by atoms with E-state index in [0.29, 0.717) is 12.2 Å². The minimum atomic E-state index is -4.40. The molecule has 2 aliphatic heterocycles. The number of carbonyl (C=O) groups excluding carboxylic acids is 1. The summed E-state index contributed by atoms with van der Waals surface area (Å²) in [5.74, 6) is -0.488. The first-order valence-corrected chi connectivity index (χ1v) is 11.6. The van der Waals surface area contributed by atoms with Crippen molar-refractivity contribution in [2.24, 2.45) is 11.8 Å². The summed E-state index contributed by atoms with van der Waals surface area (Å²) >= 11 is 0. The quantitative estimate of drug-likeness (QED) is 0.517. The SMILES string of the molecule is CC(C)NC(c1ccc(NC2NN([C@H]3CCC[C@@H]3C#N)C3CCNC(=O)C23)cc1)C(F)(F)F. The van der Waals surface area contributed by atoms with E-state index >= 15 is 0 Å². The van der Waals surface area contributed by atoms with Crippen molar-refractivity contribution in [3.63, 3.8) is 0 Å². The highest BCUT2D eigenvalue weighted by molar-refractivity contribution is 5.82. The topological polar surface area (TPSA) is 92.2 Å². The zero-order valence-electron chi connectivity index (χ0n) is 18.8. The number of anilines is 1. The van der Waals surface area contributed by atoms with Crippen LogP contribution in [0.3, 0.4) is 0 Å². The molecule has 1 saturated carbocycles. The molecule has 1 aliphatic carbocycles. The Kier molecular flexibility index (Phi) is 6.84. The Bertz CT molecular complexity index is 884. The second-order valence-electron chi connectivity index (χ2n) is 9.48. The third-order valence-electron chi connectivity index (χ3n) is 6.86. The maximum atomic E-state index is 13.5. The van der Waals surface area contributed by atoms with Crippen LogP contribution in [0.4, 0.5) is 18.9 Å². The number of nitriles is 1. The molecule has 2 heterocycles. The van der Waals surface area contributed by atoms with Crippen LogP contribution in [0.5, 0.6) is 0 Å². The molecule has 1 amide bonds. The number of carbonyl (C=O) groups is 1. The van der Waals surface area contributed by atoms with E-state index in [1.165, 1.54) is 12.1 Å². The molecular weight excluding hydrogens is 433 g/mol. The van der Waals surface area contributed by atoms with Crippen molar-refractivity contribution in [3.8, 4) is 6.07 Å². The van der Waals surface area contributed by atoms with E-state index in [-0.39, 0.29) is 41.4 Å². The molecule has 7 nitrogen and oxygen atoms in total. The molecule has 1 aromatic carbocycles. The van der Waals surface area contributed by atoms with E-state index in [1.807, 2.05) is 0 Å². The zero-order chi connectivity index (χ0) is 23.8. The maximum absolute atomic E-state index is 13.5. The molecule has 10 heteroatoms. The molecular formula is C23H31F3N6O. The lowest BCUT2D eigenvalue weighted by Crippen LogP contribution is -2.52. The van der Waals surface area contributed by atoms with Gasteiger partial charge in [0, 0.05) is 30.4 Å². The highest BCUT2D eigenvalue weighted by atomic mass is 19.4. The summed E-state index contributed by atoms with van der Waals surface area (Å²) < 4.78 is 40.5. The average molecular weight is 465 g/mol. The minimum Gasteiger partial charge on any atom is -0.368 e. The molecule has 4 rings (SSSR count). The number of benzene rings is 1. The normalized spacial score (nSPS) is 31.2. The lowest BCUT2D eigenvalue weighted by atomic mass is 9.90. The maximum Gasteiger partial charge on any atom is 0.407 e. The Morgan fingerprint density at radius 3 is 2.52 bits per heavy atom. The number of hydrogen-bond donors (Lipinski definition) is 4. The molecule has 0 aromatic heterocycles. The van der Waals surface area contributed by atoms with Crippen LogP contribution in [0.2, 0.25) is 0 Å². The smallest absolute Gasteiger partial charge is 0.368 e. The van der Waals surface area contributed by atoms with Crippen LogP contribution < -0.4 is 21.4 Å². The summed E-state index contributed by atoms with van der Waals surface area (Å²) in [5, 5.41) is 20.4. The fraction of sp³-hybridized carbons (Fsp3) is 0.652. The van der Waals surface area contributed by atoms with Crippen molar-refractivity contribution in [1.29, 1.82) is 5.26 Å². The van der Waals surface area contributed by atoms with E-state index in [0.717, 1.165) is 25.7 Å². The average Bonchev–Trinajstić information content (AvgIpc) is 3.37. The Hall–Kier alpha value is -2.35. The van der Waals surface area contributed by atoms with Gasteiger partial charge >= 0.3 is 6.18 Å². The number of halogens is 3. The Labute approximate surface area is 192 Å². The number of alkyl halides is 3. The molecule has 3 fully saturated rings. The summed E-state index contributed by atoms with van der Waals surface area (Å²) in [4.78, 5) is 12.7. The van der Waals surface area contributed by atoms with Gasteiger partial charge in [0.15, 0.2) is 0 Å². The number of nitrogens with zero attached hydrogens (tertiary/aromatic N) is 2. The van der Waals surface area contributed by atoms with Gasteiger partial charge in [-0.3, -0.25) is 4.79 Å². The Morgan fingerprint density at radius 1 is 1.15 bits per heavy atom. The molecule has 0 radical (unpaired) electrons. The van der Waals surface area contributed by atoms with Crippen LogP contribution in [-0.2, 0) is 4.79 Å². The number of nitrogens with one attached hydrogen (secondary N) is 4. The third-order valence-corrected chi connectivity index (χ3v) is 6.86. The van der Waals surface area contributed by atoms with Gasteiger partial charge in [-0.05, 0) is 37.0 Å². The largest absolute Gasteiger partial charge is 0.407 e. The zero-order valence-corrected chi connectivity index (χ0v) is 18.8. The first kappa shape index (κ1) is 23.8. The fourth-order valence-corrected chi connectivity index (χ4v) is 5.39. The Morgan fingerprint density at radius 2 is 1.88 bits per heavy atom. The molecule has 0 spiro atoms. The molecule has 6 atom stereocenters. The number of piperidine rings is 1. The molecule has 4 N–H and O–H groups in total. The first-order valence-electron chi connectivity index (χ1n) is 11.6. The van der Waals surface area contributed by atoms with Crippen LogP contribution in [0, 0.1) is 23.2 Å². The monoisotopic (exact) mass is 464 g/mol. The van der Waals surface area contributed by atoms with E-state index in [9.17, 15) is 23.2 Å². The van der Waals surface area contributed by atoms with E-state index in [2.05, 4.69) is 32.5 Å². The van der Waals surface area contributed by atoms with E-state index in [4.69, 9.17) is 0 Å². The number of hydrogen-bond acceptors (Lipinski definition) is 6. The predicted octanol–water partition coefficient (Wildman–Crippen LogP) is 3.04. The van der Waals surface area contributed by atoms with E-state index < -0.39 is 18.4 Å². The van der Waals surface area contributed by atoms with Crippen LogP contribution >= 0.6 is 0 Å². The van der Waals surface area contributed by atoms with Crippen LogP contribution in [0.1, 0.15) is 51.1 Å². The number of fused-ring (bicyclic) bond motifs is 1. The third kappa shape index (κ3) is 4.95. The number of hydrazine groups is 1. The number of rotatable bonds is 6. The summed E-state index contributed by atoms with van der Waals surface area (Å²) in [6.07, 6.45) is -1.29. The van der Waals surface area contributed by atoms with Crippen molar-refractivity contribution in [1.82, 2.24) is 21.1 Å². The highest BCUT2D eigenvalue weighted by Crippen LogP contribution is 2.38. The summed E-state index contributed by atoms with van der Waals surface area (Å²) in [6, 6.07) is 6.52. The lowest BCUT2D eigenvalue weighted by molar-refractivity contribution is -0.159. The van der Waals surface area contributed by atoms with Crippen molar-refractivity contribution >= 4 is 11.6 Å². The van der Waals surface area contributed by atoms with Crippen LogP contribution in [0.15, 0.2) is 24.3 Å². The predicted molar refractivity (Wildman–Crippen MR) is 118 cm³/mol. The van der Waals surface area contributed by atoms with Gasteiger partial charge in [-0.15, -0.1) is 0 Å². The molecule has 3 aliphatic rings. The first-order chi connectivity index (χ1) is 15.7. The van der Waals surface area contributed by atoms with Gasteiger partial charge in [0.2, 0.25) is 5.91 Å². The molecule has 0 bridgehead atoms. The highest BCUT2D eigenvalue weighted by Gasteiger charge is 2.51. The standard InChI is InChI=1S/C23H31F3N6O/c1-13(2)29-20(23(24,25)26)14-6-8-16(9-7-14)30-21-19-18(10-11-28-22(19)33)32(31-21)17-5-3-4-15(17)12-27/h6-9,13,15,17-21,29-31H,3-5,10-11H2,1-2H3,(H,28,33)/t15-,17+,18?,19?,20?,21?/m1/s1. The van der Waals surface area contributed by atoms with Crippen molar-refractivity contribution in [3.05, 3.63) is 29.8 Å². The van der Waals surface area contributed by atoms with Gasteiger partial charge in [-0.1, -0.05) is 32.4 Å². The van der Waals surface area contributed by atoms with Crippen molar-refractivity contribution < 1.29 is 18.0 Å². The van der Waals surface area contributed by atoms with Gasteiger partial charge in [0.25, 0.3) is 0 Å². The second kappa shape index (κ2) is 9.49. The Balaban J connectivity index is 1.52. The summed E-state index contributed by atoms with van der Waals surface area (Å²) in [5.41, 5.74) is 4.19. The molecule has 180 valence electrons. The minimum absolute atomic E-state index is 0.0284. The lowest BCUT2D eigenvalue weighted by Gasteiger charge is -2.35. The van der Waals surface area contributed by atoms with Crippen molar-refractivity contribution in [2.75, 3.05) is 11.9 Å². The summed E-state index contributed by atoms with van der Waals surface area (Å²) in [7, 11) is 0. The van der Waals surface area contributed by atoms with Crippen LogP contribution in [0.25, 0.3) is 0 Å². The molecule has 1 aromatic rings. The van der Waals surface area contributed by atoms with E-state index in [1.54, 1.807) is 26.0 Å². The molecule has 4 unspecified atom stereocenters. The number of amides is 1. The van der Waals surface area contributed by atoms with Gasteiger partial charge < -0.3 is 16.0 Å². The summed E-state index contributed by atoms with van der Waals surface area (Å²) in [6.45, 7) is 3.95. The fourth-order valence-electron chi connectivity index (χ4n) is 5.39. The van der Waals surface area contributed by atoms with Crippen LogP contribution in [-0.4, -0.2) is 47.9 Å². The van der Waals surface area contributed by atoms with Gasteiger partial charge in [-0.2, -0.15) is 18.4 Å². The van der Waals surface area contributed by atoms with Gasteiger partial charge in [0.1, 0.15) is 12.2 Å². The second-order valence-corrected chi connectivity index (χ2v) is 9.48. The molecule has 33 heavy (non-hydrogen) atoms. The van der Waals surface area contributed by atoms with Gasteiger partial charge in [-0.25, -0.2) is 10.4 Å². The van der Waals surface area contributed by atoms with Gasteiger partial charge in [0.05, 0.1) is 17.9 Å².